The second-order valence-electron chi connectivity index (χ2n) is 26.8. The molecule has 2 aromatic rings. The normalized spacial score (nSPS) is 46.9. The number of carbonyl (C=O) groups excluding carboxylic acids is 2. The summed E-state index contributed by atoms with van der Waals surface area (Å²) >= 11 is 0. The fraction of sp³-hybridized carbons (Fsp3) is 0.721. The van der Waals surface area contributed by atoms with Crippen LogP contribution in [0.4, 0.5) is 0 Å². The molecule has 466 valence electrons. The lowest BCUT2D eigenvalue weighted by Crippen LogP contribution is -2.76. The zero-order valence-corrected chi connectivity index (χ0v) is 48.3. The molecule has 12 N–H and O–H groups in total. The predicted octanol–water partition coefficient (Wildman–Crippen LogP) is 0.958. The number of aliphatic hydroxyl groups is 11. The highest BCUT2D eigenvalue weighted by Crippen LogP contribution is 2.76. The van der Waals surface area contributed by atoms with E-state index in [0.29, 0.717) is 32.1 Å². The van der Waals surface area contributed by atoms with Gasteiger partial charge in [-0.15, -0.1) is 0 Å². The molecule has 0 aromatic heterocycles. The van der Waals surface area contributed by atoms with Gasteiger partial charge < -0.3 is 99.2 Å². The van der Waals surface area contributed by atoms with E-state index in [0.717, 1.165) is 5.57 Å². The summed E-state index contributed by atoms with van der Waals surface area (Å²) in [5.74, 6) is -4.16. The first-order chi connectivity index (χ1) is 39.5. The van der Waals surface area contributed by atoms with E-state index in [9.17, 15) is 75.7 Å². The standard InChI is InChI=1S/C61H84O23/c1-56(2)24-31-30-18-19-35-58(5)22-21-36(79-55-45(82-54-41(69)39(67)38(66)33(25-62)78-54)43(42(70)44(81-55)50(73)74)80-53-40(68)37(65)32(64)26-77-53)57(3,4)34(58)20-23-59(35,6)60(30,7)46(71)47(72)61(31,27-63)49(84-52(76)29-16-12-9-13-17-29)48(56)83-51(75)28-14-10-8-11-15-28/h8-18,31-49,53-55,62-72H,19-27H2,1-7H3,(H,73,74)/t31?,32-,33?,34?,35?,36+,37?,38+,39?,40?,41?,42+,43?,44?,45?,46+,47-,48+,49+,53+,54+,55-,58+,59-,60+,61+/m1/s1. The van der Waals surface area contributed by atoms with Gasteiger partial charge in [-0.25, -0.2) is 14.4 Å². The molecular formula is C61H84O23. The highest BCUT2D eigenvalue weighted by molar-refractivity contribution is 5.90. The van der Waals surface area contributed by atoms with Crippen LogP contribution in [-0.4, -0.2) is 216 Å². The molecule has 23 nitrogen and oxygen atoms in total. The van der Waals surface area contributed by atoms with Crippen molar-refractivity contribution < 1.29 is 114 Å². The van der Waals surface area contributed by atoms with E-state index in [1.807, 2.05) is 34.6 Å². The number of aliphatic carboxylic acids is 1. The number of hydrogen-bond donors (Lipinski definition) is 12. The van der Waals surface area contributed by atoms with Crippen molar-refractivity contribution in [1.82, 2.24) is 0 Å². The van der Waals surface area contributed by atoms with Crippen LogP contribution in [0.3, 0.4) is 0 Å². The van der Waals surface area contributed by atoms with Gasteiger partial charge in [0.15, 0.2) is 31.1 Å². The summed E-state index contributed by atoms with van der Waals surface area (Å²) in [6.07, 6.45) is -27.9. The highest BCUT2D eigenvalue weighted by atomic mass is 16.8. The molecule has 2 aromatic carbocycles. The number of rotatable bonds is 13. The van der Waals surface area contributed by atoms with Gasteiger partial charge in [0.25, 0.3) is 0 Å². The molecule has 23 heteroatoms. The van der Waals surface area contributed by atoms with Crippen LogP contribution in [0.5, 0.6) is 0 Å². The van der Waals surface area contributed by atoms with E-state index in [1.165, 1.54) is 0 Å². The molecule has 26 atom stereocenters. The number of fused-ring (bicyclic) bond motifs is 7. The van der Waals surface area contributed by atoms with Gasteiger partial charge in [0.2, 0.25) is 0 Å². The summed E-state index contributed by atoms with van der Waals surface area (Å²) in [5, 5.41) is 135. The first kappa shape index (κ1) is 62.9. The molecule has 3 aliphatic heterocycles. The average molecular weight is 1190 g/mol. The van der Waals surface area contributed by atoms with Crippen LogP contribution in [0.25, 0.3) is 0 Å². The minimum absolute atomic E-state index is 0.168. The molecule has 8 aliphatic rings. The first-order valence-electron chi connectivity index (χ1n) is 29.2. The lowest BCUT2D eigenvalue weighted by Gasteiger charge is -2.73. The van der Waals surface area contributed by atoms with Gasteiger partial charge >= 0.3 is 17.9 Å². The van der Waals surface area contributed by atoms with Crippen LogP contribution in [0, 0.1) is 50.2 Å². The van der Waals surface area contributed by atoms with E-state index in [4.69, 9.17) is 37.9 Å². The number of carboxylic acid groups (broad SMARTS) is 1. The third kappa shape index (κ3) is 9.98. The van der Waals surface area contributed by atoms with Crippen LogP contribution in [0.1, 0.15) is 108 Å². The van der Waals surface area contributed by atoms with E-state index < -0.39 is 193 Å². The van der Waals surface area contributed by atoms with Gasteiger partial charge in [-0.1, -0.05) is 96.5 Å². The molecule has 0 amide bonds. The number of carbonyl (C=O) groups is 3. The van der Waals surface area contributed by atoms with Crippen molar-refractivity contribution in [1.29, 1.82) is 0 Å². The lowest BCUT2D eigenvalue weighted by atomic mass is 9.32. The number of esters is 2. The number of aliphatic hydroxyl groups excluding tert-OH is 11. The molecule has 0 spiro atoms. The lowest BCUT2D eigenvalue weighted by molar-refractivity contribution is -0.392. The van der Waals surface area contributed by atoms with Crippen LogP contribution >= 0.6 is 0 Å². The van der Waals surface area contributed by atoms with Gasteiger partial charge in [-0.05, 0) is 96.8 Å². The van der Waals surface area contributed by atoms with E-state index in [1.54, 1.807) is 60.7 Å². The monoisotopic (exact) mass is 1180 g/mol. The molecule has 10 rings (SSSR count). The molecule has 3 saturated heterocycles. The third-order valence-electron chi connectivity index (χ3n) is 21.8. The van der Waals surface area contributed by atoms with Crippen molar-refractivity contribution in [2.75, 3.05) is 19.8 Å². The summed E-state index contributed by atoms with van der Waals surface area (Å²) in [7, 11) is 0. The van der Waals surface area contributed by atoms with E-state index >= 15 is 0 Å². The smallest absolute Gasteiger partial charge is 0.338 e. The summed E-state index contributed by atoms with van der Waals surface area (Å²) < 4.78 is 49.3. The number of ether oxygens (including phenoxy) is 8. The van der Waals surface area contributed by atoms with Crippen LogP contribution < -0.4 is 0 Å². The quantitative estimate of drug-likeness (QED) is 0.0755. The molecule has 7 fully saturated rings. The predicted molar refractivity (Wildman–Crippen MR) is 289 cm³/mol. The molecule has 4 saturated carbocycles. The van der Waals surface area contributed by atoms with E-state index in [-0.39, 0.29) is 29.4 Å². The number of carboxylic acids is 1. The topological polar surface area (TPSA) is 368 Å². The highest BCUT2D eigenvalue weighted by Gasteiger charge is 2.76. The fourth-order valence-corrected chi connectivity index (χ4v) is 17.0. The SMILES string of the molecule is CC1(C)CC2C3=CCC4[C@@]5(C)CC[C@H](O[C@@H]6OC(C(=O)O)[C@@H](O)C(O[C@@H]7OC[C@@H](O)C(O)C7O)C6O[C@@H]6OC(CO)[C@H](O)C(O)C6O)C(C)(C)C5CC[C@@]4(C)[C@]3(C)[C@@H](O)[C@@H](O)[C@@]2(CO)[C@@H](OC(=O)c2ccccc2)[C@@H]1OC(=O)c1ccccc1. The van der Waals surface area contributed by atoms with Gasteiger partial charge in [-0.2, -0.15) is 0 Å². The van der Waals surface area contributed by atoms with Gasteiger partial charge in [-0.3, -0.25) is 0 Å². The van der Waals surface area contributed by atoms with Gasteiger partial charge in [0, 0.05) is 10.8 Å². The Bertz CT molecular complexity index is 2730. The second kappa shape index (κ2) is 23.1. The van der Waals surface area contributed by atoms with Crippen molar-refractivity contribution in [2.45, 2.75) is 204 Å². The van der Waals surface area contributed by atoms with Gasteiger partial charge in [0.1, 0.15) is 67.1 Å². The molecular weight excluding hydrogens is 1100 g/mol. The Kier molecular flexibility index (Phi) is 17.3. The maximum atomic E-state index is 14.3. The van der Waals surface area contributed by atoms with Crippen LogP contribution in [-0.2, 0) is 42.7 Å². The summed E-state index contributed by atoms with van der Waals surface area (Å²) in [4.78, 5) is 41.2. The molecule has 3 heterocycles. The van der Waals surface area contributed by atoms with Crippen molar-refractivity contribution in [2.24, 2.45) is 50.2 Å². The number of hydrogen-bond acceptors (Lipinski definition) is 22. The third-order valence-corrected chi connectivity index (χ3v) is 21.8. The Morgan fingerprint density at radius 1 is 0.619 bits per heavy atom. The summed E-state index contributed by atoms with van der Waals surface area (Å²) in [5.41, 5.74) is -4.72. The maximum absolute atomic E-state index is 14.3. The summed E-state index contributed by atoms with van der Waals surface area (Å²) in [6.45, 7) is 12.0. The Balaban J connectivity index is 0.977. The fourth-order valence-electron chi connectivity index (χ4n) is 17.0. The zero-order valence-electron chi connectivity index (χ0n) is 48.3. The van der Waals surface area contributed by atoms with Gasteiger partial charge in [0.05, 0.1) is 54.7 Å². The second-order valence-corrected chi connectivity index (χ2v) is 26.8. The first-order valence-corrected chi connectivity index (χ1v) is 29.2. The molecule has 5 aliphatic carbocycles. The summed E-state index contributed by atoms with van der Waals surface area (Å²) in [6, 6.07) is 16.6. The zero-order chi connectivity index (χ0) is 61.0. The molecule has 11 unspecified atom stereocenters. The van der Waals surface area contributed by atoms with E-state index in [2.05, 4.69) is 19.9 Å². The largest absolute Gasteiger partial charge is 0.479 e. The Hall–Kier alpha value is -4.09. The molecule has 84 heavy (non-hydrogen) atoms. The number of benzene rings is 2. The molecule has 0 radical (unpaired) electrons. The van der Waals surface area contributed by atoms with Crippen molar-refractivity contribution in [3.05, 3.63) is 83.4 Å². The average Bonchev–Trinajstić information content (AvgIpc) is 0.672. The van der Waals surface area contributed by atoms with Crippen molar-refractivity contribution in [3.8, 4) is 0 Å². The number of allylic oxidation sites excluding steroid dienone is 1. The van der Waals surface area contributed by atoms with Crippen LogP contribution in [0.2, 0.25) is 0 Å². The van der Waals surface area contributed by atoms with Crippen LogP contribution in [0.15, 0.2) is 72.3 Å². The van der Waals surface area contributed by atoms with Crippen molar-refractivity contribution in [3.63, 3.8) is 0 Å². The maximum Gasteiger partial charge on any atom is 0.338 e. The Morgan fingerprint density at radius 2 is 1.21 bits per heavy atom. The minimum Gasteiger partial charge on any atom is -0.479 e. The Morgan fingerprint density at radius 3 is 1.81 bits per heavy atom. The van der Waals surface area contributed by atoms with Crippen molar-refractivity contribution >= 4 is 17.9 Å². The minimum atomic E-state index is -2.13. The Labute approximate surface area is 487 Å². The molecule has 0 bridgehead atoms.